The van der Waals surface area contributed by atoms with E-state index in [0.717, 1.165) is 69.8 Å². The molecule has 3 aliphatic heterocycles. The number of rotatable bonds is 40. The molecule has 7 N–H and O–H groups in total. The van der Waals surface area contributed by atoms with Gasteiger partial charge in [0.2, 0.25) is 45.5 Å². The van der Waals surface area contributed by atoms with Crippen LogP contribution in [0, 0.1) is 5.41 Å². The lowest BCUT2D eigenvalue weighted by molar-refractivity contribution is -0.186. The summed E-state index contributed by atoms with van der Waals surface area (Å²) in [5.41, 5.74) is 3.55. The molecule has 0 unspecified atom stereocenters. The Bertz CT molecular complexity index is 5160. The summed E-state index contributed by atoms with van der Waals surface area (Å²) in [6.45, 7) is 12.9. The molecular formula is C101H127F6N13O13S. The van der Waals surface area contributed by atoms with Crippen LogP contribution < -0.4 is 42.0 Å². The minimum Gasteiger partial charge on any atom is -0.457 e. The van der Waals surface area contributed by atoms with Crippen LogP contribution >= 0.6 is 0 Å². The van der Waals surface area contributed by atoms with E-state index in [1.165, 1.54) is 9.21 Å². The number of nitrogens with one attached hydrogen (secondary N) is 7. The number of carbonyl (C=O) groups excluding carboxylic acids is 9. The molecule has 0 spiro atoms. The van der Waals surface area contributed by atoms with Crippen LogP contribution in [0.5, 0.6) is 11.5 Å². The van der Waals surface area contributed by atoms with Crippen LogP contribution in [-0.2, 0) is 86.8 Å². The smallest absolute Gasteiger partial charge is 0.457 e. The van der Waals surface area contributed by atoms with Crippen LogP contribution in [0.3, 0.4) is 0 Å². The molecule has 3 saturated heterocycles. The molecule has 0 bridgehead atoms. The minimum absolute atomic E-state index is 0.0281. The van der Waals surface area contributed by atoms with Crippen molar-refractivity contribution < 1.29 is 87.4 Å². The fourth-order valence-corrected chi connectivity index (χ4v) is 17.4. The van der Waals surface area contributed by atoms with Gasteiger partial charge >= 0.3 is 24.4 Å². The average Bonchev–Trinajstić information content (AvgIpc) is 1.53. The van der Waals surface area contributed by atoms with Crippen molar-refractivity contribution in [3.05, 3.63) is 269 Å². The van der Waals surface area contributed by atoms with E-state index in [1.807, 2.05) is 188 Å². The van der Waals surface area contributed by atoms with Crippen LogP contribution in [0.15, 0.2) is 235 Å². The molecule has 33 heteroatoms. The molecule has 722 valence electrons. The lowest BCUT2D eigenvalue weighted by atomic mass is 9.85. The maximum absolute atomic E-state index is 14.1. The van der Waals surface area contributed by atoms with E-state index in [4.69, 9.17) is 9.47 Å². The molecule has 0 saturated carbocycles. The zero-order chi connectivity index (χ0) is 97.1. The number of likely N-dealkylation sites (N-methyl/N-ethyl adjacent to an activating group) is 3. The molecule has 11 rings (SSSR count). The van der Waals surface area contributed by atoms with E-state index in [-0.39, 0.29) is 98.6 Å². The highest BCUT2D eigenvalue weighted by atomic mass is 32.2. The van der Waals surface area contributed by atoms with Gasteiger partial charge in [-0.05, 0) is 206 Å². The number of hydrogen-bond donors (Lipinski definition) is 7. The number of amides is 9. The van der Waals surface area contributed by atoms with Crippen molar-refractivity contribution in [2.75, 3.05) is 86.6 Å². The largest absolute Gasteiger partial charge is 0.471 e. The second-order valence-corrected chi connectivity index (χ2v) is 36.7. The predicted octanol–water partition coefficient (Wildman–Crippen LogP) is 13.0. The number of carbonyl (C=O) groups is 9. The molecule has 0 aliphatic carbocycles. The summed E-state index contributed by atoms with van der Waals surface area (Å²) in [6, 6.07) is 61.4. The van der Waals surface area contributed by atoms with Crippen LogP contribution in [0.25, 0.3) is 0 Å². The topological polar surface area (TPSA) is 310 Å². The summed E-state index contributed by atoms with van der Waals surface area (Å²) >= 11 is 0. The average molecular weight is 1880 g/mol. The monoisotopic (exact) mass is 1880 g/mol. The first-order chi connectivity index (χ1) is 63.9. The Balaban J connectivity index is 0.000000226. The zero-order valence-electron chi connectivity index (χ0n) is 77.6. The van der Waals surface area contributed by atoms with Crippen molar-refractivity contribution in [3.8, 4) is 11.5 Å². The van der Waals surface area contributed by atoms with Crippen molar-refractivity contribution in [2.45, 2.75) is 197 Å². The normalized spacial score (nSPS) is 16.4. The van der Waals surface area contributed by atoms with Crippen molar-refractivity contribution in [2.24, 2.45) is 5.41 Å². The van der Waals surface area contributed by atoms with E-state index in [1.54, 1.807) is 95.3 Å². The standard InChI is InChI=1S/C37H47N5O5.C34H39F3N4O4.C30H41F3N4O4S/c1-28(38-2)34(43)40-33(21-12-23-39-37(46)47-27-30-16-8-4-9-17-30)36(45)42-24-13-20-32(42)26-41(25-22-29-14-6-3-7-15-29)35(44)31-18-10-5-11-19-31;1-24(38-2)31(42)39-30(22-26-15-17-29(18-16-26)45-28-13-7-4-8-14-28)32(43)41-20-9-12-27(41)23-40(33(44)34(35,36)37)21-19-25-10-5-3-6-11-25;1-21(34-5)27(38)35-26(29(2,3)4)28(39)37-18-9-12-24(37)20-36(19-17-22-10-7-6-8-11-22)42(40,41)25-15-13-23(14-16-25)30(31,32)33/h3-11,14-19,28,32-33,38H,12-13,20-27H2,1-2H3,(H,39,46)(H,40,43);3-8,10-11,13-18,24,27,30,38H,9,12,19-23H2,1-2H3,(H,39,42);6-8,10-11,13-16,21,24,26,34H,9,12,17-20H2,1-5H3,(H,35,38)/t28-,32-,33-;24-,27-,30-;21-,24-,26+/m000/s1. The summed E-state index contributed by atoms with van der Waals surface area (Å²) < 4.78 is 120. The van der Waals surface area contributed by atoms with Gasteiger partial charge in [-0.1, -0.05) is 191 Å². The summed E-state index contributed by atoms with van der Waals surface area (Å²) in [7, 11) is 0.767. The molecule has 9 amide bonds. The van der Waals surface area contributed by atoms with Gasteiger partial charge in [-0.3, -0.25) is 38.4 Å². The predicted molar refractivity (Wildman–Crippen MR) is 501 cm³/mol. The van der Waals surface area contributed by atoms with Gasteiger partial charge in [-0.25, -0.2) is 13.2 Å². The second kappa shape index (κ2) is 51.4. The molecule has 0 aromatic heterocycles. The lowest BCUT2D eigenvalue weighted by Crippen LogP contribution is -2.59. The van der Waals surface area contributed by atoms with Crippen LogP contribution in [0.4, 0.5) is 31.1 Å². The van der Waals surface area contributed by atoms with Crippen molar-refractivity contribution in [3.63, 3.8) is 0 Å². The van der Waals surface area contributed by atoms with Crippen molar-refractivity contribution >= 4 is 63.4 Å². The van der Waals surface area contributed by atoms with Gasteiger partial charge in [-0.15, -0.1) is 0 Å². The molecule has 8 aromatic rings. The fraction of sp³-hybridized carbons (Fsp3) is 0.436. The second-order valence-electron chi connectivity index (χ2n) is 34.8. The number of alkyl carbamates (subject to hydrolysis) is 1. The van der Waals surface area contributed by atoms with Crippen LogP contribution in [0.1, 0.15) is 137 Å². The quantitative estimate of drug-likeness (QED) is 0.0139. The van der Waals surface area contributed by atoms with Gasteiger partial charge in [0, 0.05) is 95.6 Å². The zero-order valence-corrected chi connectivity index (χ0v) is 78.4. The van der Waals surface area contributed by atoms with Crippen LogP contribution in [0.2, 0.25) is 0 Å². The number of sulfonamides is 1. The van der Waals surface area contributed by atoms with Crippen LogP contribution in [-0.4, -0.2) is 238 Å². The van der Waals surface area contributed by atoms with E-state index < -0.39 is 99.6 Å². The number of alkyl halides is 6. The number of nitrogens with zero attached hydrogens (tertiary/aromatic N) is 6. The maximum Gasteiger partial charge on any atom is 0.471 e. The highest BCUT2D eigenvalue weighted by molar-refractivity contribution is 7.89. The molecular weight excluding hydrogens is 1750 g/mol. The molecule has 8 aromatic carbocycles. The first kappa shape index (κ1) is 106. The highest BCUT2D eigenvalue weighted by Gasteiger charge is 2.46. The van der Waals surface area contributed by atoms with Gasteiger partial charge in [-0.2, -0.15) is 30.6 Å². The molecule has 0 radical (unpaired) electrons. The Morgan fingerprint density at radius 3 is 1.32 bits per heavy atom. The summed E-state index contributed by atoms with van der Waals surface area (Å²) in [5, 5.41) is 20.0. The van der Waals surface area contributed by atoms with Gasteiger partial charge in [0.05, 0.1) is 28.6 Å². The maximum atomic E-state index is 14.1. The fourth-order valence-electron chi connectivity index (χ4n) is 15.9. The molecule has 26 nitrogen and oxygen atoms in total. The van der Waals surface area contributed by atoms with Crippen molar-refractivity contribution in [1.29, 1.82) is 0 Å². The molecule has 3 aliphatic rings. The van der Waals surface area contributed by atoms with Gasteiger partial charge in [0.1, 0.15) is 36.2 Å². The number of halogens is 6. The Kier molecular flexibility index (Phi) is 40.6. The molecule has 3 fully saturated rings. The first-order valence-electron chi connectivity index (χ1n) is 45.6. The highest BCUT2D eigenvalue weighted by Crippen LogP contribution is 2.34. The molecule has 3 heterocycles. The first-order valence-corrected chi connectivity index (χ1v) is 47.0. The lowest BCUT2D eigenvalue weighted by Gasteiger charge is -2.37. The summed E-state index contributed by atoms with van der Waals surface area (Å²) in [5.74, 6) is -2.58. The number of ether oxygens (including phenoxy) is 2. The Morgan fingerprint density at radius 2 is 0.858 bits per heavy atom. The van der Waals surface area contributed by atoms with E-state index in [0.29, 0.717) is 101 Å². The van der Waals surface area contributed by atoms with Gasteiger partial charge < -0.3 is 71.2 Å². The van der Waals surface area contributed by atoms with E-state index >= 15 is 0 Å². The third-order valence-corrected chi connectivity index (χ3v) is 25.9. The third-order valence-electron chi connectivity index (χ3n) is 24.0. The number of likely N-dealkylation sites (tertiary alicyclic amines) is 3. The van der Waals surface area contributed by atoms with Gasteiger partial charge in [0.15, 0.2) is 0 Å². The molecule has 134 heavy (non-hydrogen) atoms. The van der Waals surface area contributed by atoms with Gasteiger partial charge in [0.25, 0.3) is 5.91 Å². The molecule has 9 atom stereocenters. The van der Waals surface area contributed by atoms with Crippen molar-refractivity contribution in [1.82, 2.24) is 66.0 Å². The Hall–Kier alpha value is -12.0. The van der Waals surface area contributed by atoms with E-state index in [9.17, 15) is 77.9 Å². The van der Waals surface area contributed by atoms with E-state index in [2.05, 4.69) is 37.2 Å². The number of para-hydroxylation sites is 1. The minimum atomic E-state index is -5.04. The Morgan fingerprint density at radius 1 is 0.455 bits per heavy atom. The Labute approximate surface area is 782 Å². The summed E-state index contributed by atoms with van der Waals surface area (Å²) in [6.07, 6.45) is -4.11. The number of hydrogen-bond acceptors (Lipinski definition) is 16. The number of benzene rings is 8. The SMILES string of the molecule is CN[C@@H](C)C(=O)N[C@@H](CCCNC(=O)OCc1ccccc1)C(=O)N1CCC[C@H]1CN(CCc1ccccc1)C(=O)c1ccccc1.CN[C@@H](C)C(=O)N[C@@H](Cc1ccc(Oc2ccccc2)cc1)C(=O)N1CCC[C@H]1CN(CCc1ccccc1)C(=O)C(F)(F)F.CN[C@@H](C)C(=O)N[C@H](C(=O)N1CCC[C@H]1CN(CCc1ccccc1)S(=O)(=O)c1ccc(C(F)(F)F)cc1)C(C)(C)C. The summed E-state index contributed by atoms with van der Waals surface area (Å²) in [4.78, 5) is 126. The third kappa shape index (κ3) is 32.4.